The number of piperidine rings is 1. The molecule has 1 spiro atoms. The second-order valence-electron chi connectivity index (χ2n) is 7.49. The van der Waals surface area contributed by atoms with E-state index in [0.717, 1.165) is 27.8 Å². The van der Waals surface area contributed by atoms with E-state index in [-0.39, 0.29) is 16.6 Å². The highest BCUT2D eigenvalue weighted by molar-refractivity contribution is 9.10. The summed E-state index contributed by atoms with van der Waals surface area (Å²) >= 11 is 5.23. The summed E-state index contributed by atoms with van der Waals surface area (Å²) in [7, 11) is 0. The van der Waals surface area contributed by atoms with E-state index in [0.29, 0.717) is 19.5 Å². The largest absolute Gasteiger partial charge is 0.444 e. The van der Waals surface area contributed by atoms with Crippen molar-refractivity contribution < 1.29 is 14.3 Å². The Morgan fingerprint density at radius 1 is 1.29 bits per heavy atom. The molecule has 0 atom stereocenters. The molecule has 0 radical (unpaired) electrons. The molecule has 130 valence electrons. The van der Waals surface area contributed by atoms with Gasteiger partial charge in [0.1, 0.15) is 5.60 Å². The highest BCUT2D eigenvalue weighted by Crippen LogP contribution is 2.49. The molecule has 0 aromatic heterocycles. The summed E-state index contributed by atoms with van der Waals surface area (Å²) in [6, 6.07) is 5.91. The summed E-state index contributed by atoms with van der Waals surface area (Å²) in [5.41, 5.74) is 0.336. The van der Waals surface area contributed by atoms with Crippen LogP contribution in [0.5, 0.6) is 0 Å². The molecule has 0 N–H and O–H groups in total. The van der Waals surface area contributed by atoms with Crippen LogP contribution >= 0.6 is 27.7 Å². The number of benzene rings is 1. The lowest BCUT2D eigenvalue weighted by Crippen LogP contribution is -2.48. The topological polar surface area (TPSA) is 46.6 Å². The summed E-state index contributed by atoms with van der Waals surface area (Å²) < 4.78 is 6.30. The van der Waals surface area contributed by atoms with E-state index in [1.54, 1.807) is 16.7 Å². The maximum absolute atomic E-state index is 12.6. The van der Waals surface area contributed by atoms with Crippen molar-refractivity contribution in [3.8, 4) is 0 Å². The van der Waals surface area contributed by atoms with E-state index < -0.39 is 5.60 Å². The molecule has 24 heavy (non-hydrogen) atoms. The van der Waals surface area contributed by atoms with Crippen molar-refractivity contribution >= 4 is 39.6 Å². The molecule has 0 bridgehead atoms. The van der Waals surface area contributed by atoms with Crippen molar-refractivity contribution in [3.63, 3.8) is 0 Å². The Bertz CT molecular complexity index is 675. The van der Waals surface area contributed by atoms with Crippen molar-refractivity contribution in [2.45, 2.75) is 55.3 Å². The minimum Gasteiger partial charge on any atom is -0.444 e. The van der Waals surface area contributed by atoms with Crippen LogP contribution in [0.1, 0.15) is 50.4 Å². The Hall–Kier alpha value is -1.01. The highest BCUT2D eigenvalue weighted by Gasteiger charge is 2.43. The summed E-state index contributed by atoms with van der Waals surface area (Å²) in [4.78, 5) is 27.6. The molecule has 1 aromatic carbocycles. The lowest BCUT2D eigenvalue weighted by Gasteiger charge is -2.43. The molecule has 1 amide bonds. The van der Waals surface area contributed by atoms with Crippen molar-refractivity contribution in [3.05, 3.63) is 28.2 Å². The zero-order valence-electron chi connectivity index (χ0n) is 14.2. The zero-order chi connectivity index (χ0) is 17.5. The van der Waals surface area contributed by atoms with Crippen LogP contribution in [0.25, 0.3) is 0 Å². The first-order chi connectivity index (χ1) is 11.2. The Balaban J connectivity index is 1.69. The second kappa shape index (κ2) is 6.37. The van der Waals surface area contributed by atoms with Crippen LogP contribution in [0.4, 0.5) is 4.79 Å². The Morgan fingerprint density at radius 2 is 1.96 bits per heavy atom. The van der Waals surface area contributed by atoms with Gasteiger partial charge in [-0.3, -0.25) is 4.79 Å². The SMILES string of the molecule is CC(C)(C)OC(=O)N1CCC2(CC1)CC(=O)c1cc(Br)ccc1S2. The standard InChI is InChI=1S/C18H22BrNO3S/c1-17(2,3)23-16(22)20-8-6-18(7-9-20)11-14(21)13-10-12(19)4-5-15(13)24-18/h4-5,10H,6-9,11H2,1-3H3. The van der Waals surface area contributed by atoms with Gasteiger partial charge in [0.05, 0.1) is 0 Å². The Kier molecular flexibility index (Phi) is 4.73. The quantitative estimate of drug-likeness (QED) is 0.608. The first-order valence-corrected chi connectivity index (χ1v) is 9.78. The molecule has 2 heterocycles. The van der Waals surface area contributed by atoms with Crippen molar-refractivity contribution in [1.29, 1.82) is 0 Å². The molecule has 1 aromatic rings. The number of likely N-dealkylation sites (tertiary alicyclic amines) is 1. The van der Waals surface area contributed by atoms with Gasteiger partial charge in [-0.05, 0) is 51.8 Å². The number of rotatable bonds is 0. The maximum Gasteiger partial charge on any atom is 0.410 e. The molecule has 3 rings (SSSR count). The van der Waals surface area contributed by atoms with Crippen LogP contribution in [0.2, 0.25) is 0 Å². The number of hydrogen-bond donors (Lipinski definition) is 0. The van der Waals surface area contributed by atoms with E-state index in [1.807, 2.05) is 39.0 Å². The average Bonchev–Trinajstić information content (AvgIpc) is 2.47. The van der Waals surface area contributed by atoms with Gasteiger partial charge in [0.2, 0.25) is 0 Å². The molecule has 0 unspecified atom stereocenters. The molecular formula is C18H22BrNO3S. The van der Waals surface area contributed by atoms with Gasteiger partial charge in [-0.25, -0.2) is 4.79 Å². The maximum atomic E-state index is 12.6. The van der Waals surface area contributed by atoms with Crippen molar-refractivity contribution in [2.24, 2.45) is 0 Å². The summed E-state index contributed by atoms with van der Waals surface area (Å²) in [6.45, 7) is 6.91. The third kappa shape index (κ3) is 3.80. The smallest absolute Gasteiger partial charge is 0.410 e. The fourth-order valence-corrected chi connectivity index (χ4v) is 5.00. The number of amides is 1. The molecule has 0 aliphatic carbocycles. The van der Waals surface area contributed by atoms with Crippen LogP contribution in [0, 0.1) is 0 Å². The van der Waals surface area contributed by atoms with Gasteiger partial charge in [-0.2, -0.15) is 0 Å². The summed E-state index contributed by atoms with van der Waals surface area (Å²) in [5, 5.41) is 0. The van der Waals surface area contributed by atoms with E-state index in [1.165, 1.54) is 0 Å². The molecular weight excluding hydrogens is 390 g/mol. The predicted octanol–water partition coefficient (Wildman–Crippen LogP) is 4.90. The number of carbonyl (C=O) groups is 2. The number of Topliss-reactive ketones (excluding diaryl/α,β-unsaturated/α-hetero) is 1. The Labute approximate surface area is 155 Å². The molecule has 4 nitrogen and oxygen atoms in total. The van der Waals surface area contributed by atoms with Gasteiger partial charge in [0.25, 0.3) is 0 Å². The van der Waals surface area contributed by atoms with Gasteiger partial charge >= 0.3 is 6.09 Å². The van der Waals surface area contributed by atoms with E-state index in [9.17, 15) is 9.59 Å². The fraction of sp³-hybridized carbons (Fsp3) is 0.556. The van der Waals surface area contributed by atoms with Crippen molar-refractivity contribution in [2.75, 3.05) is 13.1 Å². The number of nitrogens with zero attached hydrogens (tertiary/aromatic N) is 1. The van der Waals surface area contributed by atoms with E-state index >= 15 is 0 Å². The van der Waals surface area contributed by atoms with Gasteiger partial charge in [0, 0.05) is 39.2 Å². The van der Waals surface area contributed by atoms with E-state index in [4.69, 9.17) is 4.74 Å². The third-order valence-electron chi connectivity index (χ3n) is 4.38. The van der Waals surface area contributed by atoms with Crippen LogP contribution in [0.3, 0.4) is 0 Å². The van der Waals surface area contributed by atoms with Gasteiger partial charge < -0.3 is 9.64 Å². The molecule has 2 aliphatic rings. The number of carbonyl (C=O) groups excluding carboxylic acids is 2. The van der Waals surface area contributed by atoms with Crippen LogP contribution in [-0.2, 0) is 4.74 Å². The minimum absolute atomic E-state index is 0.0869. The van der Waals surface area contributed by atoms with Crippen LogP contribution in [-0.4, -0.2) is 40.2 Å². The summed E-state index contributed by atoms with van der Waals surface area (Å²) in [6.07, 6.45) is 1.92. The summed E-state index contributed by atoms with van der Waals surface area (Å²) in [5.74, 6) is 0.204. The predicted molar refractivity (Wildman–Crippen MR) is 98.7 cm³/mol. The van der Waals surface area contributed by atoms with Crippen LogP contribution in [0.15, 0.2) is 27.6 Å². The molecule has 1 fully saturated rings. The van der Waals surface area contributed by atoms with Gasteiger partial charge in [0.15, 0.2) is 5.78 Å². The fourth-order valence-electron chi connectivity index (χ4n) is 3.17. The molecule has 6 heteroatoms. The van der Waals surface area contributed by atoms with Gasteiger partial charge in [-0.1, -0.05) is 15.9 Å². The first-order valence-electron chi connectivity index (χ1n) is 8.17. The zero-order valence-corrected chi connectivity index (χ0v) is 16.6. The normalized spacial score (nSPS) is 20.0. The molecule has 1 saturated heterocycles. The number of thioether (sulfide) groups is 1. The van der Waals surface area contributed by atoms with E-state index in [2.05, 4.69) is 15.9 Å². The lowest BCUT2D eigenvalue weighted by molar-refractivity contribution is 0.0196. The number of fused-ring (bicyclic) bond motifs is 1. The first kappa shape index (κ1) is 17.8. The number of halogens is 1. The van der Waals surface area contributed by atoms with Gasteiger partial charge in [-0.15, -0.1) is 11.8 Å². The third-order valence-corrected chi connectivity index (χ3v) is 6.43. The number of ketones is 1. The monoisotopic (exact) mass is 411 g/mol. The average molecular weight is 412 g/mol. The second-order valence-corrected chi connectivity index (χ2v) is 9.92. The number of hydrogen-bond acceptors (Lipinski definition) is 4. The van der Waals surface area contributed by atoms with Crippen LogP contribution < -0.4 is 0 Å². The Morgan fingerprint density at radius 3 is 2.58 bits per heavy atom. The minimum atomic E-state index is -0.478. The van der Waals surface area contributed by atoms with Crippen molar-refractivity contribution in [1.82, 2.24) is 4.90 Å². The molecule has 0 saturated carbocycles. The number of ether oxygens (including phenoxy) is 1. The highest BCUT2D eigenvalue weighted by atomic mass is 79.9. The molecule has 2 aliphatic heterocycles. The lowest BCUT2D eigenvalue weighted by atomic mass is 9.88.